The first-order valence-electron chi connectivity index (χ1n) is 7.57. The first kappa shape index (κ1) is 17.3. The number of carbonyl (C=O) groups excluding carboxylic acids is 1. The molecule has 2 atom stereocenters. The molecule has 1 aromatic carbocycles. The second-order valence-corrected chi connectivity index (χ2v) is 5.52. The standard InChI is InChI=1S/C17H22N2O4/c1-21-12-14-10-16(22-2)11-19(14)17(20)9-13-4-3-5-15(8-13)23-7-6-18/h3-5,8,14,16H,7,9-12H2,1-2H3/t14-,16+/m0/s1. The number of benzene rings is 1. The minimum atomic E-state index is -0.00500. The molecule has 23 heavy (non-hydrogen) atoms. The normalized spacial score (nSPS) is 20.3. The highest BCUT2D eigenvalue weighted by molar-refractivity contribution is 5.79. The summed E-state index contributed by atoms with van der Waals surface area (Å²) in [5.41, 5.74) is 0.863. The van der Waals surface area contributed by atoms with Crippen LogP contribution in [0.3, 0.4) is 0 Å². The second-order valence-electron chi connectivity index (χ2n) is 5.52. The monoisotopic (exact) mass is 318 g/mol. The molecule has 0 aromatic heterocycles. The number of nitrogens with zero attached hydrogens (tertiary/aromatic N) is 2. The van der Waals surface area contributed by atoms with E-state index in [1.807, 2.05) is 23.1 Å². The van der Waals surface area contributed by atoms with Gasteiger partial charge in [0.15, 0.2) is 6.61 Å². The summed E-state index contributed by atoms with van der Waals surface area (Å²) in [6.45, 7) is 1.10. The van der Waals surface area contributed by atoms with E-state index in [1.54, 1.807) is 26.4 Å². The van der Waals surface area contributed by atoms with Crippen LogP contribution in [-0.4, -0.2) is 56.9 Å². The molecule has 6 nitrogen and oxygen atoms in total. The van der Waals surface area contributed by atoms with Crippen LogP contribution in [0.4, 0.5) is 0 Å². The summed E-state index contributed by atoms with van der Waals surface area (Å²) in [7, 11) is 3.30. The van der Waals surface area contributed by atoms with Crippen LogP contribution in [0.15, 0.2) is 24.3 Å². The summed E-state index contributed by atoms with van der Waals surface area (Å²) in [4.78, 5) is 14.4. The number of methoxy groups -OCH3 is 2. The fraction of sp³-hybridized carbons (Fsp3) is 0.529. The first-order valence-corrected chi connectivity index (χ1v) is 7.57. The maximum Gasteiger partial charge on any atom is 0.227 e. The third-order valence-electron chi connectivity index (χ3n) is 3.95. The largest absolute Gasteiger partial charge is 0.479 e. The van der Waals surface area contributed by atoms with Crippen LogP contribution in [0.2, 0.25) is 0 Å². The van der Waals surface area contributed by atoms with Crippen molar-refractivity contribution in [2.24, 2.45) is 0 Å². The molecule has 0 spiro atoms. The molecule has 0 N–H and O–H groups in total. The number of hydrogen-bond acceptors (Lipinski definition) is 5. The fourth-order valence-corrected chi connectivity index (χ4v) is 2.84. The Morgan fingerprint density at radius 3 is 2.96 bits per heavy atom. The summed E-state index contributed by atoms with van der Waals surface area (Å²) < 4.78 is 15.9. The Hall–Kier alpha value is -2.10. The molecule has 1 aliphatic heterocycles. The Kier molecular flexibility index (Phi) is 6.39. The molecule has 0 bridgehead atoms. The molecule has 1 aliphatic rings. The molecular formula is C17H22N2O4. The van der Waals surface area contributed by atoms with Crippen LogP contribution < -0.4 is 4.74 Å². The molecule has 0 saturated carbocycles. The van der Waals surface area contributed by atoms with Gasteiger partial charge in [0.1, 0.15) is 11.8 Å². The van der Waals surface area contributed by atoms with Crippen LogP contribution in [0.25, 0.3) is 0 Å². The molecule has 0 radical (unpaired) electrons. The molecule has 1 amide bonds. The van der Waals surface area contributed by atoms with Crippen molar-refractivity contribution in [2.45, 2.75) is 25.0 Å². The molecule has 1 fully saturated rings. The van der Waals surface area contributed by atoms with Gasteiger partial charge in [0.05, 0.1) is 25.2 Å². The van der Waals surface area contributed by atoms with Crippen molar-refractivity contribution in [3.8, 4) is 11.8 Å². The zero-order valence-corrected chi connectivity index (χ0v) is 13.5. The van der Waals surface area contributed by atoms with E-state index < -0.39 is 0 Å². The van der Waals surface area contributed by atoms with Gasteiger partial charge >= 0.3 is 0 Å². The predicted octanol–water partition coefficient (Wildman–Crippen LogP) is 1.39. The van der Waals surface area contributed by atoms with Crippen LogP contribution in [0.1, 0.15) is 12.0 Å². The van der Waals surface area contributed by atoms with Crippen molar-refractivity contribution in [1.29, 1.82) is 5.26 Å². The third kappa shape index (κ3) is 4.68. The molecule has 1 heterocycles. The van der Waals surface area contributed by atoms with Crippen molar-refractivity contribution in [3.05, 3.63) is 29.8 Å². The maximum absolute atomic E-state index is 12.6. The lowest BCUT2D eigenvalue weighted by atomic mass is 10.1. The summed E-state index contributed by atoms with van der Waals surface area (Å²) in [6, 6.07) is 9.25. The van der Waals surface area contributed by atoms with E-state index in [1.165, 1.54) is 0 Å². The van der Waals surface area contributed by atoms with E-state index in [9.17, 15) is 4.79 Å². The average molecular weight is 318 g/mol. The lowest BCUT2D eigenvalue weighted by Crippen LogP contribution is -2.39. The average Bonchev–Trinajstić information content (AvgIpc) is 2.97. The summed E-state index contributed by atoms with van der Waals surface area (Å²) in [5, 5.41) is 8.55. The van der Waals surface area contributed by atoms with Gasteiger partial charge < -0.3 is 19.1 Å². The van der Waals surface area contributed by atoms with E-state index in [-0.39, 0.29) is 24.7 Å². The van der Waals surface area contributed by atoms with Crippen molar-refractivity contribution in [2.75, 3.05) is 34.0 Å². The molecule has 124 valence electrons. The Morgan fingerprint density at radius 1 is 1.43 bits per heavy atom. The molecule has 1 saturated heterocycles. The molecule has 2 rings (SSSR count). The highest BCUT2D eigenvalue weighted by Gasteiger charge is 2.35. The summed E-state index contributed by atoms with van der Waals surface area (Å²) >= 11 is 0. The number of carbonyl (C=O) groups is 1. The summed E-state index contributed by atoms with van der Waals surface area (Å²) in [5.74, 6) is 0.644. The van der Waals surface area contributed by atoms with Crippen molar-refractivity contribution >= 4 is 5.91 Å². The zero-order chi connectivity index (χ0) is 16.7. The van der Waals surface area contributed by atoms with E-state index in [4.69, 9.17) is 19.5 Å². The van der Waals surface area contributed by atoms with Gasteiger partial charge in [-0.25, -0.2) is 0 Å². The second kappa shape index (κ2) is 8.51. The molecule has 6 heteroatoms. The van der Waals surface area contributed by atoms with Crippen LogP contribution in [-0.2, 0) is 20.7 Å². The highest BCUT2D eigenvalue weighted by atomic mass is 16.5. The Labute approximate surface area is 136 Å². The Morgan fingerprint density at radius 2 is 2.26 bits per heavy atom. The summed E-state index contributed by atoms with van der Waals surface area (Å²) in [6.07, 6.45) is 1.14. The van der Waals surface area contributed by atoms with Gasteiger partial charge in [-0.1, -0.05) is 12.1 Å². The number of ether oxygens (including phenoxy) is 3. The minimum Gasteiger partial charge on any atom is -0.479 e. The number of nitriles is 1. The smallest absolute Gasteiger partial charge is 0.227 e. The van der Waals surface area contributed by atoms with Gasteiger partial charge in [-0.3, -0.25) is 4.79 Å². The van der Waals surface area contributed by atoms with Gasteiger partial charge in [0.2, 0.25) is 5.91 Å². The Bertz CT molecular complexity index is 570. The third-order valence-corrected chi connectivity index (χ3v) is 3.95. The maximum atomic E-state index is 12.6. The lowest BCUT2D eigenvalue weighted by Gasteiger charge is -2.24. The number of hydrogen-bond donors (Lipinski definition) is 0. The SMILES string of the molecule is COC[C@@H]1C[C@@H](OC)CN1C(=O)Cc1cccc(OCC#N)c1. The molecular weight excluding hydrogens is 296 g/mol. The van der Waals surface area contributed by atoms with Crippen molar-refractivity contribution in [3.63, 3.8) is 0 Å². The van der Waals surface area contributed by atoms with Gasteiger partial charge in [-0.15, -0.1) is 0 Å². The number of rotatable bonds is 7. The minimum absolute atomic E-state index is 0.00500. The van der Waals surface area contributed by atoms with Crippen molar-refractivity contribution in [1.82, 2.24) is 4.90 Å². The Balaban J connectivity index is 2.01. The predicted molar refractivity (Wildman–Crippen MR) is 84.0 cm³/mol. The highest BCUT2D eigenvalue weighted by Crippen LogP contribution is 2.22. The lowest BCUT2D eigenvalue weighted by molar-refractivity contribution is -0.132. The van der Waals surface area contributed by atoms with Crippen LogP contribution >= 0.6 is 0 Å². The molecule has 1 aromatic rings. The van der Waals surface area contributed by atoms with Crippen molar-refractivity contribution < 1.29 is 19.0 Å². The number of likely N-dealkylation sites (tertiary alicyclic amines) is 1. The number of amides is 1. The van der Waals surface area contributed by atoms with Gasteiger partial charge in [0.25, 0.3) is 0 Å². The van der Waals surface area contributed by atoms with E-state index >= 15 is 0 Å². The van der Waals surface area contributed by atoms with E-state index in [0.717, 1.165) is 12.0 Å². The van der Waals surface area contributed by atoms with Gasteiger partial charge in [-0.2, -0.15) is 5.26 Å². The first-order chi connectivity index (χ1) is 11.2. The fourth-order valence-electron chi connectivity index (χ4n) is 2.84. The zero-order valence-electron chi connectivity index (χ0n) is 13.5. The van der Waals surface area contributed by atoms with Crippen LogP contribution in [0, 0.1) is 11.3 Å². The van der Waals surface area contributed by atoms with Gasteiger partial charge in [-0.05, 0) is 24.1 Å². The molecule has 0 unspecified atom stereocenters. The van der Waals surface area contributed by atoms with Crippen LogP contribution in [0.5, 0.6) is 5.75 Å². The molecule has 0 aliphatic carbocycles. The van der Waals surface area contributed by atoms with E-state index in [2.05, 4.69) is 0 Å². The topological polar surface area (TPSA) is 71.8 Å². The van der Waals surface area contributed by atoms with Gasteiger partial charge in [0, 0.05) is 20.8 Å². The van der Waals surface area contributed by atoms with E-state index in [0.29, 0.717) is 25.3 Å². The quantitative estimate of drug-likeness (QED) is 0.760.